The van der Waals surface area contributed by atoms with Crippen LogP contribution in [0, 0.1) is 0 Å². The molecule has 0 fully saturated rings. The first-order valence-electron chi connectivity index (χ1n) is 8.38. The second-order valence-corrected chi connectivity index (χ2v) is 8.21. The number of anilines is 1. The summed E-state index contributed by atoms with van der Waals surface area (Å²) in [6.07, 6.45) is -0.0224. The number of rotatable bonds is 8. The summed E-state index contributed by atoms with van der Waals surface area (Å²) in [6, 6.07) is 11.8. The highest BCUT2D eigenvalue weighted by Gasteiger charge is 2.15. The second kappa shape index (κ2) is 9.54. The highest BCUT2D eigenvalue weighted by atomic mass is 35.5. The fraction of sp³-hybridized carbons (Fsp3) is 0.222. The molecule has 0 aliphatic rings. The number of benzene rings is 2. The van der Waals surface area contributed by atoms with Gasteiger partial charge < -0.3 is 16.4 Å². The van der Waals surface area contributed by atoms with Crippen LogP contribution < -0.4 is 21.1 Å². The number of hydrogen-bond donors (Lipinski definition) is 4. The molecule has 0 aromatic heterocycles. The molecule has 0 spiro atoms. The van der Waals surface area contributed by atoms with Crippen LogP contribution in [0.25, 0.3) is 0 Å². The number of urea groups is 1. The van der Waals surface area contributed by atoms with Crippen LogP contribution in [0.4, 0.5) is 10.5 Å². The van der Waals surface area contributed by atoms with E-state index < -0.39 is 16.1 Å². The summed E-state index contributed by atoms with van der Waals surface area (Å²) in [4.78, 5) is 22.9. The fourth-order valence-corrected chi connectivity index (χ4v) is 3.74. The van der Waals surface area contributed by atoms with E-state index in [1.165, 1.54) is 18.2 Å². The number of sulfonamides is 1. The van der Waals surface area contributed by atoms with E-state index >= 15 is 0 Å². The summed E-state index contributed by atoms with van der Waals surface area (Å²) < 4.78 is 26.7. The van der Waals surface area contributed by atoms with Crippen LogP contribution in [0.3, 0.4) is 0 Å². The number of nitrogens with one attached hydrogen (secondary N) is 3. The van der Waals surface area contributed by atoms with Gasteiger partial charge in [0.15, 0.2) is 0 Å². The molecule has 0 radical (unpaired) electrons. The third-order valence-corrected chi connectivity index (χ3v) is 5.50. The lowest BCUT2D eigenvalue weighted by Crippen LogP contribution is -2.32. The average molecular weight is 425 g/mol. The molecule has 3 amide bonds. The van der Waals surface area contributed by atoms with Crippen molar-refractivity contribution in [2.75, 3.05) is 11.9 Å². The van der Waals surface area contributed by atoms with Crippen molar-refractivity contribution < 1.29 is 18.0 Å². The number of nitrogens with two attached hydrogens (primary N) is 1. The normalized spacial score (nSPS) is 12.2. The van der Waals surface area contributed by atoms with Crippen molar-refractivity contribution >= 4 is 39.2 Å². The monoisotopic (exact) mass is 424 g/mol. The molecule has 5 N–H and O–H groups in total. The van der Waals surface area contributed by atoms with E-state index in [4.69, 9.17) is 17.3 Å². The van der Waals surface area contributed by atoms with E-state index in [-0.39, 0.29) is 29.8 Å². The van der Waals surface area contributed by atoms with Gasteiger partial charge in [0.05, 0.1) is 10.9 Å². The highest BCUT2D eigenvalue weighted by molar-refractivity contribution is 7.89. The van der Waals surface area contributed by atoms with Crippen LogP contribution in [0.2, 0.25) is 5.02 Å². The van der Waals surface area contributed by atoms with Gasteiger partial charge in [-0.15, -0.1) is 0 Å². The fourth-order valence-electron chi connectivity index (χ4n) is 2.41. The molecule has 10 heteroatoms. The Balaban J connectivity index is 1.84. The Labute approximate surface area is 168 Å². The lowest BCUT2D eigenvalue weighted by molar-refractivity contribution is -0.121. The van der Waals surface area contributed by atoms with Crippen LogP contribution in [0.5, 0.6) is 0 Å². The van der Waals surface area contributed by atoms with Gasteiger partial charge in [0.25, 0.3) is 0 Å². The Hall–Kier alpha value is -2.62. The van der Waals surface area contributed by atoms with E-state index in [2.05, 4.69) is 15.4 Å². The van der Waals surface area contributed by atoms with Crippen LogP contribution in [-0.4, -0.2) is 26.9 Å². The van der Waals surface area contributed by atoms with Crippen molar-refractivity contribution in [3.63, 3.8) is 0 Å². The van der Waals surface area contributed by atoms with Gasteiger partial charge in [-0.2, -0.15) is 0 Å². The number of carbonyl (C=O) groups is 2. The molecule has 8 nitrogen and oxygen atoms in total. The lowest BCUT2D eigenvalue weighted by Gasteiger charge is -2.15. The zero-order chi connectivity index (χ0) is 20.7. The Morgan fingerprint density at radius 1 is 1.14 bits per heavy atom. The van der Waals surface area contributed by atoms with Gasteiger partial charge in [0.1, 0.15) is 0 Å². The maximum absolute atomic E-state index is 12.2. The SMILES string of the molecule is CC(NC(=O)CCNS(=O)(=O)c1cccc(Cl)c1)c1ccc(NC(N)=O)cc1. The summed E-state index contributed by atoms with van der Waals surface area (Å²) in [7, 11) is -3.73. The van der Waals surface area contributed by atoms with Gasteiger partial charge in [-0.1, -0.05) is 29.8 Å². The zero-order valence-electron chi connectivity index (χ0n) is 15.1. The highest BCUT2D eigenvalue weighted by Crippen LogP contribution is 2.17. The van der Waals surface area contributed by atoms with Crippen LogP contribution in [0.15, 0.2) is 53.4 Å². The van der Waals surface area contributed by atoms with E-state index in [1.807, 2.05) is 0 Å². The van der Waals surface area contributed by atoms with E-state index in [1.54, 1.807) is 37.3 Å². The standard InChI is InChI=1S/C18H21ClN4O4S/c1-12(13-5-7-15(8-6-13)23-18(20)25)22-17(24)9-10-21-28(26,27)16-4-2-3-14(19)11-16/h2-8,11-12,21H,9-10H2,1H3,(H,22,24)(H3,20,23,25). The molecular weight excluding hydrogens is 404 g/mol. The Morgan fingerprint density at radius 3 is 2.43 bits per heavy atom. The van der Waals surface area contributed by atoms with Crippen molar-refractivity contribution in [3.05, 3.63) is 59.1 Å². The second-order valence-electron chi connectivity index (χ2n) is 6.01. The summed E-state index contributed by atoms with van der Waals surface area (Å²) in [5.41, 5.74) is 6.42. The maximum atomic E-state index is 12.2. The molecule has 28 heavy (non-hydrogen) atoms. The molecule has 0 aliphatic heterocycles. The molecule has 0 heterocycles. The largest absolute Gasteiger partial charge is 0.351 e. The molecule has 2 aromatic carbocycles. The quantitative estimate of drug-likeness (QED) is 0.518. The number of amides is 3. The lowest BCUT2D eigenvalue weighted by atomic mass is 10.1. The third kappa shape index (κ3) is 6.52. The van der Waals surface area contributed by atoms with Crippen LogP contribution >= 0.6 is 11.6 Å². The van der Waals surface area contributed by atoms with Crippen LogP contribution in [-0.2, 0) is 14.8 Å². The van der Waals surface area contributed by atoms with Gasteiger partial charge >= 0.3 is 6.03 Å². The minimum absolute atomic E-state index is 0.0224. The predicted molar refractivity (Wildman–Crippen MR) is 107 cm³/mol. The predicted octanol–water partition coefficient (Wildman–Crippen LogP) is 2.38. The molecule has 0 saturated heterocycles. The average Bonchev–Trinajstić information content (AvgIpc) is 2.61. The number of primary amides is 1. The van der Waals surface area contributed by atoms with Gasteiger partial charge in [-0.3, -0.25) is 4.79 Å². The Kier molecular flexibility index (Phi) is 7.38. The van der Waals surface area contributed by atoms with Gasteiger partial charge in [-0.05, 0) is 42.8 Å². The van der Waals surface area contributed by atoms with E-state index in [9.17, 15) is 18.0 Å². The third-order valence-electron chi connectivity index (χ3n) is 3.81. The zero-order valence-corrected chi connectivity index (χ0v) is 16.7. The molecule has 1 atom stereocenters. The van der Waals surface area contributed by atoms with Crippen LogP contribution in [0.1, 0.15) is 24.9 Å². The van der Waals surface area contributed by atoms with Crippen molar-refractivity contribution in [1.29, 1.82) is 0 Å². The van der Waals surface area contributed by atoms with Crippen molar-refractivity contribution in [2.45, 2.75) is 24.3 Å². The van der Waals surface area contributed by atoms with Crippen molar-refractivity contribution in [2.24, 2.45) is 5.73 Å². The Bertz CT molecular complexity index is 948. The summed E-state index contributed by atoms with van der Waals surface area (Å²) >= 11 is 5.80. The topological polar surface area (TPSA) is 130 Å². The minimum Gasteiger partial charge on any atom is -0.351 e. The molecular formula is C18H21ClN4O4S. The maximum Gasteiger partial charge on any atom is 0.316 e. The molecule has 0 bridgehead atoms. The molecule has 1 unspecified atom stereocenters. The summed E-state index contributed by atoms with van der Waals surface area (Å²) in [6.45, 7) is 1.75. The van der Waals surface area contributed by atoms with Gasteiger partial charge in [0, 0.05) is 23.7 Å². The molecule has 2 rings (SSSR count). The number of halogens is 1. The van der Waals surface area contributed by atoms with Crippen molar-refractivity contribution in [1.82, 2.24) is 10.0 Å². The molecule has 2 aromatic rings. The minimum atomic E-state index is -3.73. The van der Waals surface area contributed by atoms with Gasteiger partial charge in [0.2, 0.25) is 15.9 Å². The van der Waals surface area contributed by atoms with Crippen molar-refractivity contribution in [3.8, 4) is 0 Å². The number of hydrogen-bond acceptors (Lipinski definition) is 4. The first-order valence-corrected chi connectivity index (χ1v) is 10.2. The molecule has 150 valence electrons. The van der Waals surface area contributed by atoms with E-state index in [0.29, 0.717) is 10.7 Å². The smallest absolute Gasteiger partial charge is 0.316 e. The van der Waals surface area contributed by atoms with Gasteiger partial charge in [-0.25, -0.2) is 17.9 Å². The summed E-state index contributed by atoms with van der Waals surface area (Å²) in [5.74, 6) is -0.305. The molecule has 0 aliphatic carbocycles. The first kappa shape index (κ1) is 21.7. The van der Waals surface area contributed by atoms with E-state index in [0.717, 1.165) is 5.56 Å². The first-order chi connectivity index (χ1) is 13.2. The Morgan fingerprint density at radius 2 is 1.82 bits per heavy atom. The summed E-state index contributed by atoms with van der Waals surface area (Å²) in [5, 5.41) is 5.54. The number of carbonyl (C=O) groups excluding carboxylic acids is 2. The molecule has 0 saturated carbocycles.